The number of carbonyl (C=O) groups excluding carboxylic acids is 2. The Bertz CT molecular complexity index is 1290. The number of hydrogen-bond acceptors (Lipinski definition) is 5. The Balaban J connectivity index is 1.55. The minimum atomic E-state index is -1.04. The lowest BCUT2D eigenvalue weighted by Crippen LogP contribution is -2.55. The van der Waals surface area contributed by atoms with Gasteiger partial charge < -0.3 is 25.8 Å². The van der Waals surface area contributed by atoms with Crippen LogP contribution in [-0.4, -0.2) is 48.3 Å². The van der Waals surface area contributed by atoms with E-state index in [1.807, 2.05) is 24.3 Å². The summed E-state index contributed by atoms with van der Waals surface area (Å²) in [6, 6.07) is 10.4. The van der Waals surface area contributed by atoms with Gasteiger partial charge in [0.2, 0.25) is 11.8 Å². The molecule has 2 bridgehead atoms. The molecule has 0 radical (unpaired) electrons. The quantitative estimate of drug-likeness (QED) is 0.419. The zero-order valence-electron chi connectivity index (χ0n) is 22.5. The highest BCUT2D eigenvalue weighted by molar-refractivity contribution is 5.88. The van der Waals surface area contributed by atoms with Gasteiger partial charge in [-0.05, 0) is 73.9 Å². The number of aliphatic hydroxyl groups excluding tert-OH is 1. The number of amides is 2. The molecule has 0 spiro atoms. The Morgan fingerprint density at radius 3 is 2.70 bits per heavy atom. The zero-order chi connectivity index (χ0) is 28.5. The van der Waals surface area contributed by atoms with Crippen LogP contribution in [0.4, 0.5) is 4.39 Å². The summed E-state index contributed by atoms with van der Waals surface area (Å²) in [5, 5.41) is 20.4. The third-order valence-electron chi connectivity index (χ3n) is 7.45. The van der Waals surface area contributed by atoms with Gasteiger partial charge in [-0.2, -0.15) is 0 Å². The highest BCUT2D eigenvalue weighted by Gasteiger charge is 2.44. The lowest BCUT2D eigenvalue weighted by molar-refractivity contribution is -0.129. The van der Waals surface area contributed by atoms with Gasteiger partial charge in [0.1, 0.15) is 17.6 Å². The van der Waals surface area contributed by atoms with Crippen LogP contribution in [0.1, 0.15) is 61.6 Å². The van der Waals surface area contributed by atoms with E-state index in [0.29, 0.717) is 30.8 Å². The van der Waals surface area contributed by atoms with Crippen molar-refractivity contribution in [2.45, 2.75) is 75.1 Å². The van der Waals surface area contributed by atoms with Crippen LogP contribution in [0.3, 0.4) is 0 Å². The number of terminal acetylenes is 2. The first-order valence-electron chi connectivity index (χ1n) is 13.8. The number of aliphatic hydroxyl groups is 1. The Morgan fingerprint density at radius 1 is 1.12 bits per heavy atom. The van der Waals surface area contributed by atoms with Crippen molar-refractivity contribution in [3.63, 3.8) is 0 Å². The summed E-state index contributed by atoms with van der Waals surface area (Å²) in [7, 11) is 0. The number of ether oxygens (including phenoxy) is 1. The number of fused-ring (bicyclic) bond motifs is 2. The van der Waals surface area contributed by atoms with E-state index in [1.165, 1.54) is 12.1 Å². The van der Waals surface area contributed by atoms with E-state index in [4.69, 9.17) is 17.6 Å². The van der Waals surface area contributed by atoms with E-state index in [1.54, 1.807) is 6.07 Å². The Morgan fingerprint density at radius 2 is 1.95 bits per heavy atom. The van der Waals surface area contributed by atoms with Crippen molar-refractivity contribution >= 4 is 11.8 Å². The number of benzene rings is 2. The van der Waals surface area contributed by atoms with Crippen LogP contribution in [0.25, 0.3) is 0 Å². The van der Waals surface area contributed by atoms with E-state index in [-0.39, 0.29) is 37.3 Å². The fourth-order valence-electron chi connectivity index (χ4n) is 5.03. The van der Waals surface area contributed by atoms with Crippen molar-refractivity contribution in [3.05, 3.63) is 65.0 Å². The van der Waals surface area contributed by atoms with Crippen LogP contribution in [0.5, 0.6) is 5.75 Å². The van der Waals surface area contributed by atoms with Crippen molar-refractivity contribution in [1.29, 1.82) is 0 Å². The molecule has 1 fully saturated rings. The Kier molecular flexibility index (Phi) is 9.82. The van der Waals surface area contributed by atoms with Crippen LogP contribution in [-0.2, 0) is 21.5 Å². The molecule has 1 saturated carbocycles. The molecule has 0 aromatic heterocycles. The molecule has 2 aromatic rings. The SMILES string of the molecule is C#CCC1NC(=O)CCCCCOc2cc(F)cc(c2)CC(C(O)CNC2(c3cccc(C#C)c3)CC2)NC1=O. The molecule has 2 amide bonds. The van der Waals surface area contributed by atoms with Crippen molar-refractivity contribution < 1.29 is 23.8 Å². The van der Waals surface area contributed by atoms with Crippen LogP contribution in [0.2, 0.25) is 0 Å². The average Bonchev–Trinajstić information content (AvgIpc) is 3.73. The summed E-state index contributed by atoms with van der Waals surface area (Å²) in [4.78, 5) is 25.8. The number of rotatable bonds is 6. The molecule has 1 heterocycles. The summed E-state index contributed by atoms with van der Waals surface area (Å²) >= 11 is 0. The first-order chi connectivity index (χ1) is 19.3. The highest BCUT2D eigenvalue weighted by atomic mass is 19.1. The molecular formula is C32H36FN3O4. The third-order valence-corrected chi connectivity index (χ3v) is 7.45. The molecule has 2 aromatic carbocycles. The van der Waals surface area contributed by atoms with Crippen LogP contribution in [0.15, 0.2) is 42.5 Å². The molecule has 1 aliphatic heterocycles. The van der Waals surface area contributed by atoms with E-state index in [2.05, 4.69) is 27.8 Å². The second-order valence-corrected chi connectivity index (χ2v) is 10.6. The summed E-state index contributed by atoms with van der Waals surface area (Å²) < 4.78 is 20.2. The third kappa shape index (κ3) is 7.85. The predicted molar refractivity (Wildman–Crippen MR) is 151 cm³/mol. The van der Waals surface area contributed by atoms with Crippen molar-refractivity contribution in [2.75, 3.05) is 13.2 Å². The standard InChI is InChI=1S/C32H36FN3O4/c1-3-9-27-31(39)36-28(29(37)21-34-32(13-14-32)24-11-8-10-22(4-2)16-24)19-23-17-25(33)20-26(18-23)40-15-7-5-6-12-30(38)35-27/h1-2,8,10-11,16-18,20,27-29,34,37H,5-7,9,12-15,19,21H2,(H,35,38)(H,36,39). The minimum absolute atomic E-state index is 0.00518. The maximum Gasteiger partial charge on any atom is 0.243 e. The van der Waals surface area contributed by atoms with Gasteiger partial charge in [0.15, 0.2) is 0 Å². The summed E-state index contributed by atoms with van der Waals surface area (Å²) in [5.74, 6) is 4.25. The molecule has 1 aliphatic carbocycles. The monoisotopic (exact) mass is 545 g/mol. The smallest absolute Gasteiger partial charge is 0.243 e. The highest BCUT2D eigenvalue weighted by Crippen LogP contribution is 2.45. The van der Waals surface area contributed by atoms with E-state index < -0.39 is 29.9 Å². The maximum atomic E-state index is 14.5. The molecule has 4 N–H and O–H groups in total. The minimum Gasteiger partial charge on any atom is -0.493 e. The van der Waals surface area contributed by atoms with Gasteiger partial charge in [-0.3, -0.25) is 9.59 Å². The number of nitrogens with one attached hydrogen (secondary N) is 3. The van der Waals surface area contributed by atoms with Gasteiger partial charge in [0.25, 0.3) is 0 Å². The van der Waals surface area contributed by atoms with Crippen LogP contribution in [0, 0.1) is 30.5 Å². The predicted octanol–water partition coefficient (Wildman–Crippen LogP) is 2.94. The lowest BCUT2D eigenvalue weighted by Gasteiger charge is -2.29. The van der Waals surface area contributed by atoms with Crippen molar-refractivity contribution in [2.24, 2.45) is 0 Å². The molecule has 3 atom stereocenters. The molecule has 7 nitrogen and oxygen atoms in total. The van der Waals surface area contributed by atoms with E-state index in [9.17, 15) is 19.1 Å². The topological polar surface area (TPSA) is 99.7 Å². The average molecular weight is 546 g/mol. The normalized spacial score (nSPS) is 22.0. The molecule has 4 rings (SSSR count). The summed E-state index contributed by atoms with van der Waals surface area (Å²) in [5.41, 5.74) is 2.07. The molecule has 3 unspecified atom stereocenters. The fourth-order valence-corrected chi connectivity index (χ4v) is 5.03. The second kappa shape index (κ2) is 13.5. The zero-order valence-corrected chi connectivity index (χ0v) is 22.5. The van der Waals surface area contributed by atoms with Gasteiger partial charge in [-0.1, -0.05) is 18.1 Å². The summed E-state index contributed by atoms with van der Waals surface area (Å²) in [6.07, 6.45) is 14.2. The number of carbonyl (C=O) groups is 2. The molecular weight excluding hydrogens is 509 g/mol. The van der Waals surface area contributed by atoms with Crippen molar-refractivity contribution in [1.82, 2.24) is 16.0 Å². The summed E-state index contributed by atoms with van der Waals surface area (Å²) in [6.45, 7) is 0.552. The van der Waals surface area contributed by atoms with E-state index >= 15 is 0 Å². The lowest BCUT2D eigenvalue weighted by atomic mass is 9.98. The van der Waals surface area contributed by atoms with E-state index in [0.717, 1.165) is 30.4 Å². The second-order valence-electron chi connectivity index (χ2n) is 10.6. The number of halogens is 1. The van der Waals surface area contributed by atoms with Crippen molar-refractivity contribution in [3.8, 4) is 30.4 Å². The van der Waals surface area contributed by atoms with Gasteiger partial charge in [-0.25, -0.2) is 4.39 Å². The van der Waals surface area contributed by atoms with Crippen LogP contribution >= 0.6 is 0 Å². The molecule has 0 saturated heterocycles. The molecule has 40 heavy (non-hydrogen) atoms. The molecule has 210 valence electrons. The number of hydrogen-bond donors (Lipinski definition) is 4. The first kappa shape index (κ1) is 29.1. The van der Waals surface area contributed by atoms with Gasteiger partial charge >= 0.3 is 0 Å². The Labute approximate surface area is 235 Å². The maximum absolute atomic E-state index is 14.5. The Hall–Kier alpha value is -3.85. The van der Waals surface area contributed by atoms with Crippen LogP contribution < -0.4 is 20.7 Å². The fraction of sp³-hybridized carbons (Fsp3) is 0.438. The van der Waals surface area contributed by atoms with Gasteiger partial charge in [0.05, 0.1) is 18.8 Å². The molecule has 2 aliphatic rings. The first-order valence-corrected chi connectivity index (χ1v) is 13.8. The van der Waals surface area contributed by atoms with Gasteiger partial charge in [-0.15, -0.1) is 18.8 Å². The molecule has 8 heteroatoms. The largest absolute Gasteiger partial charge is 0.493 e. The van der Waals surface area contributed by atoms with Gasteiger partial charge in [0, 0.05) is 36.6 Å².